The van der Waals surface area contributed by atoms with Crippen LogP contribution in [0.5, 0.6) is 0 Å². The van der Waals surface area contributed by atoms with Crippen LogP contribution in [0.15, 0.2) is 47.8 Å². The van der Waals surface area contributed by atoms with Gasteiger partial charge >= 0.3 is 0 Å². The highest BCUT2D eigenvalue weighted by Crippen LogP contribution is 2.36. The van der Waals surface area contributed by atoms with E-state index < -0.39 is 0 Å². The summed E-state index contributed by atoms with van der Waals surface area (Å²) < 4.78 is 15.0. The lowest BCUT2D eigenvalue weighted by Crippen LogP contribution is -2.18. The maximum atomic E-state index is 13.8. The Morgan fingerprint density at radius 3 is 2.81 bits per heavy atom. The van der Waals surface area contributed by atoms with E-state index in [-0.39, 0.29) is 11.9 Å². The fourth-order valence-corrected chi connectivity index (χ4v) is 3.69. The van der Waals surface area contributed by atoms with Gasteiger partial charge in [0.1, 0.15) is 5.82 Å². The van der Waals surface area contributed by atoms with Crippen molar-refractivity contribution in [3.8, 4) is 11.1 Å². The van der Waals surface area contributed by atoms with E-state index in [1.807, 2.05) is 12.1 Å². The van der Waals surface area contributed by atoms with Gasteiger partial charge in [0.25, 0.3) is 0 Å². The van der Waals surface area contributed by atoms with Gasteiger partial charge in [-0.2, -0.15) is 0 Å². The summed E-state index contributed by atoms with van der Waals surface area (Å²) in [4.78, 5) is 0. The molecule has 21 heavy (non-hydrogen) atoms. The summed E-state index contributed by atoms with van der Waals surface area (Å²) in [6, 6.07) is 13.6. The summed E-state index contributed by atoms with van der Waals surface area (Å²) in [6.07, 6.45) is 0. The zero-order valence-electron chi connectivity index (χ0n) is 12.2. The molecule has 0 amide bonds. The third-order valence-electron chi connectivity index (χ3n) is 3.76. The van der Waals surface area contributed by atoms with Crippen LogP contribution < -0.4 is 5.32 Å². The van der Waals surface area contributed by atoms with Gasteiger partial charge in [-0.25, -0.2) is 4.39 Å². The lowest BCUT2D eigenvalue weighted by atomic mass is 9.94. The van der Waals surface area contributed by atoms with Crippen LogP contribution in [0.1, 0.15) is 25.5 Å². The molecule has 0 aliphatic heterocycles. The Balaban J connectivity index is 2.21. The summed E-state index contributed by atoms with van der Waals surface area (Å²) in [5.41, 5.74) is 3.23. The average Bonchev–Trinajstić information content (AvgIpc) is 2.95. The Bertz CT molecular complexity index is 763. The topological polar surface area (TPSA) is 12.0 Å². The molecule has 1 atom stereocenters. The molecule has 0 aliphatic rings. The van der Waals surface area contributed by atoms with Crippen LogP contribution in [-0.2, 0) is 0 Å². The monoisotopic (exact) mass is 299 g/mol. The van der Waals surface area contributed by atoms with Crippen molar-refractivity contribution in [2.75, 3.05) is 6.54 Å². The van der Waals surface area contributed by atoms with E-state index in [0.717, 1.165) is 23.2 Å². The Morgan fingerprint density at radius 1 is 1.14 bits per heavy atom. The first kappa shape index (κ1) is 14.2. The molecule has 3 aromatic rings. The minimum Gasteiger partial charge on any atom is -0.310 e. The number of benzene rings is 2. The molecule has 1 aromatic heterocycles. The highest BCUT2D eigenvalue weighted by molar-refractivity contribution is 7.17. The first-order valence-electron chi connectivity index (χ1n) is 7.20. The molecule has 0 bridgehead atoms. The zero-order chi connectivity index (χ0) is 14.8. The van der Waals surface area contributed by atoms with Crippen molar-refractivity contribution < 1.29 is 4.39 Å². The molecule has 0 aliphatic carbocycles. The smallest absolute Gasteiger partial charge is 0.123 e. The molecule has 0 saturated carbocycles. The minimum atomic E-state index is -0.189. The van der Waals surface area contributed by atoms with E-state index >= 15 is 0 Å². The van der Waals surface area contributed by atoms with Crippen LogP contribution in [0.2, 0.25) is 0 Å². The molecule has 0 saturated heterocycles. The maximum absolute atomic E-state index is 13.8. The summed E-state index contributed by atoms with van der Waals surface area (Å²) in [6.45, 7) is 5.09. The lowest BCUT2D eigenvalue weighted by Gasteiger charge is -2.18. The van der Waals surface area contributed by atoms with Gasteiger partial charge in [0.05, 0.1) is 0 Å². The van der Waals surface area contributed by atoms with Crippen molar-refractivity contribution >= 4 is 21.4 Å². The Morgan fingerprint density at radius 2 is 2.00 bits per heavy atom. The quantitative estimate of drug-likeness (QED) is 0.682. The molecular weight excluding hydrogens is 281 g/mol. The van der Waals surface area contributed by atoms with Crippen molar-refractivity contribution in [2.24, 2.45) is 0 Å². The second-order valence-electron chi connectivity index (χ2n) is 5.16. The van der Waals surface area contributed by atoms with Crippen LogP contribution in [0.3, 0.4) is 0 Å². The van der Waals surface area contributed by atoms with Gasteiger partial charge in [-0.1, -0.05) is 31.2 Å². The summed E-state index contributed by atoms with van der Waals surface area (Å²) in [5.74, 6) is -0.189. The number of fused-ring (bicyclic) bond motifs is 1. The van der Waals surface area contributed by atoms with Crippen molar-refractivity contribution in [3.05, 3.63) is 59.2 Å². The molecule has 0 spiro atoms. The Hall–Kier alpha value is -1.71. The van der Waals surface area contributed by atoms with Gasteiger partial charge in [-0.15, -0.1) is 11.3 Å². The van der Waals surface area contributed by atoms with Gasteiger partial charge in [0.2, 0.25) is 0 Å². The van der Waals surface area contributed by atoms with E-state index in [1.165, 1.54) is 10.1 Å². The summed E-state index contributed by atoms with van der Waals surface area (Å²) >= 11 is 1.71. The second-order valence-corrected chi connectivity index (χ2v) is 6.07. The van der Waals surface area contributed by atoms with E-state index in [4.69, 9.17) is 0 Å². The van der Waals surface area contributed by atoms with E-state index in [9.17, 15) is 4.39 Å². The molecule has 1 nitrogen and oxygen atoms in total. The normalized spacial score (nSPS) is 12.7. The number of nitrogens with one attached hydrogen (secondary N) is 1. The lowest BCUT2D eigenvalue weighted by molar-refractivity contribution is 0.593. The highest BCUT2D eigenvalue weighted by atomic mass is 32.1. The molecule has 3 heteroatoms. The number of hydrogen-bond donors (Lipinski definition) is 1. The second kappa shape index (κ2) is 5.96. The van der Waals surface area contributed by atoms with Crippen LogP contribution in [0, 0.1) is 5.82 Å². The van der Waals surface area contributed by atoms with Crippen LogP contribution in [0.25, 0.3) is 21.2 Å². The van der Waals surface area contributed by atoms with Gasteiger partial charge in [0, 0.05) is 10.7 Å². The average molecular weight is 299 g/mol. The van der Waals surface area contributed by atoms with Gasteiger partial charge < -0.3 is 5.32 Å². The Labute approximate surface area is 128 Å². The molecule has 1 unspecified atom stereocenters. The van der Waals surface area contributed by atoms with E-state index in [2.05, 4.69) is 42.7 Å². The van der Waals surface area contributed by atoms with Crippen LogP contribution >= 0.6 is 11.3 Å². The van der Waals surface area contributed by atoms with Crippen molar-refractivity contribution in [3.63, 3.8) is 0 Å². The van der Waals surface area contributed by atoms with Crippen molar-refractivity contribution in [1.29, 1.82) is 0 Å². The molecule has 1 N–H and O–H groups in total. The van der Waals surface area contributed by atoms with E-state index in [0.29, 0.717) is 0 Å². The van der Waals surface area contributed by atoms with Gasteiger partial charge in [-0.3, -0.25) is 0 Å². The summed E-state index contributed by atoms with van der Waals surface area (Å²) in [5, 5.41) is 6.71. The van der Waals surface area contributed by atoms with Crippen molar-refractivity contribution in [2.45, 2.75) is 19.9 Å². The molecule has 3 rings (SSSR count). The molecule has 1 heterocycles. The maximum Gasteiger partial charge on any atom is 0.123 e. The molecular formula is C18H18FNS. The molecule has 0 radical (unpaired) electrons. The SMILES string of the molecule is CCNC(C)c1ccc(F)cc1-c1cccc2ccsc12. The van der Waals surface area contributed by atoms with Crippen LogP contribution in [0.4, 0.5) is 4.39 Å². The van der Waals surface area contributed by atoms with Crippen LogP contribution in [-0.4, -0.2) is 6.54 Å². The molecule has 108 valence electrons. The number of rotatable bonds is 4. The molecule has 0 fully saturated rings. The predicted molar refractivity (Wildman–Crippen MR) is 89.3 cm³/mol. The van der Waals surface area contributed by atoms with E-state index in [1.54, 1.807) is 23.5 Å². The zero-order valence-corrected chi connectivity index (χ0v) is 13.0. The fraction of sp³-hybridized carbons (Fsp3) is 0.222. The van der Waals surface area contributed by atoms with Gasteiger partial charge in [0.15, 0.2) is 0 Å². The predicted octanol–water partition coefficient (Wildman–Crippen LogP) is 5.38. The van der Waals surface area contributed by atoms with Crippen molar-refractivity contribution in [1.82, 2.24) is 5.32 Å². The number of thiophene rings is 1. The highest BCUT2D eigenvalue weighted by Gasteiger charge is 2.14. The first-order valence-corrected chi connectivity index (χ1v) is 8.08. The minimum absolute atomic E-state index is 0.189. The standard InChI is InChI=1S/C18H18FNS/c1-3-20-12(2)15-8-7-14(19)11-17(15)16-6-4-5-13-9-10-21-18(13)16/h4-12,20H,3H2,1-2H3. The third-order valence-corrected chi connectivity index (χ3v) is 4.72. The van der Waals surface area contributed by atoms with Gasteiger partial charge in [-0.05, 0) is 59.1 Å². The Kier molecular flexibility index (Phi) is 4.04. The fourth-order valence-electron chi connectivity index (χ4n) is 2.76. The third kappa shape index (κ3) is 2.71. The molecule has 2 aromatic carbocycles. The summed E-state index contributed by atoms with van der Waals surface area (Å²) in [7, 11) is 0. The number of halogens is 1. The number of hydrogen-bond acceptors (Lipinski definition) is 2. The largest absolute Gasteiger partial charge is 0.310 e. The first-order chi connectivity index (χ1) is 10.2.